The van der Waals surface area contributed by atoms with Gasteiger partial charge in [0, 0.05) is 16.7 Å². The van der Waals surface area contributed by atoms with Gasteiger partial charge < -0.3 is 0 Å². The van der Waals surface area contributed by atoms with Crippen LogP contribution in [0.25, 0.3) is 89.1 Å². The molecule has 1 aliphatic rings. The van der Waals surface area contributed by atoms with E-state index in [0.717, 1.165) is 27.8 Å². The highest BCUT2D eigenvalue weighted by molar-refractivity contribution is 7.04. The molecular weight excluding hydrogens is 659 g/mol. The summed E-state index contributed by atoms with van der Waals surface area (Å²) in [7, 11) is -2.13. The first-order valence-electron chi connectivity index (χ1n) is 18.2. The lowest BCUT2D eigenvalue weighted by molar-refractivity contribution is 1.08. The van der Waals surface area contributed by atoms with Gasteiger partial charge in [0.1, 0.15) is 8.07 Å². The highest BCUT2D eigenvalue weighted by Crippen LogP contribution is 2.38. The van der Waals surface area contributed by atoms with Gasteiger partial charge in [-0.25, -0.2) is 15.0 Å². The number of fused-ring (bicyclic) bond motifs is 6. The molecule has 53 heavy (non-hydrogen) atoms. The number of hydrogen-bond acceptors (Lipinski definition) is 3. The van der Waals surface area contributed by atoms with E-state index in [4.69, 9.17) is 15.0 Å². The largest absolute Gasteiger partial charge is 0.208 e. The van der Waals surface area contributed by atoms with Gasteiger partial charge in [-0.1, -0.05) is 189 Å². The van der Waals surface area contributed by atoms with Crippen molar-refractivity contribution in [3.05, 3.63) is 176 Å². The number of rotatable bonds is 5. The van der Waals surface area contributed by atoms with Crippen molar-refractivity contribution in [2.75, 3.05) is 0 Å². The minimum atomic E-state index is -2.13. The fourth-order valence-electron chi connectivity index (χ4n) is 8.31. The summed E-state index contributed by atoms with van der Waals surface area (Å²) in [6, 6.07) is 62.8. The molecule has 0 atom stereocenters. The van der Waals surface area contributed by atoms with Gasteiger partial charge in [0.05, 0.1) is 0 Å². The quantitative estimate of drug-likeness (QED) is 0.168. The van der Waals surface area contributed by atoms with E-state index in [1.807, 2.05) is 6.07 Å². The molecule has 0 unspecified atom stereocenters. The monoisotopic (exact) mass is 693 g/mol. The normalized spacial score (nSPS) is 12.9. The summed E-state index contributed by atoms with van der Waals surface area (Å²) in [5.74, 6) is 2.05. The molecule has 0 aliphatic carbocycles. The van der Waals surface area contributed by atoms with Crippen molar-refractivity contribution in [2.24, 2.45) is 0 Å². The van der Waals surface area contributed by atoms with Crippen molar-refractivity contribution in [1.29, 1.82) is 0 Å². The van der Waals surface area contributed by atoms with E-state index < -0.39 is 8.07 Å². The van der Waals surface area contributed by atoms with Crippen molar-refractivity contribution in [1.82, 2.24) is 15.0 Å². The van der Waals surface area contributed by atoms with Crippen molar-refractivity contribution < 1.29 is 0 Å². The molecule has 1 aliphatic heterocycles. The molecule has 9 aromatic rings. The van der Waals surface area contributed by atoms with Crippen LogP contribution in [0.5, 0.6) is 0 Å². The maximum Gasteiger partial charge on any atom is 0.164 e. The average molecular weight is 694 g/mol. The van der Waals surface area contributed by atoms with E-state index in [1.165, 1.54) is 54.2 Å². The Morgan fingerprint density at radius 3 is 1.55 bits per heavy atom. The Labute approximate surface area is 310 Å². The van der Waals surface area contributed by atoms with Crippen molar-refractivity contribution in [3.63, 3.8) is 0 Å². The third-order valence-corrected chi connectivity index (χ3v) is 14.5. The van der Waals surface area contributed by atoms with Gasteiger partial charge in [-0.15, -0.1) is 0 Å². The summed E-state index contributed by atoms with van der Waals surface area (Å²) in [5.41, 5.74) is 10.4. The summed E-state index contributed by atoms with van der Waals surface area (Å²) >= 11 is 0. The molecule has 0 radical (unpaired) electrons. The van der Waals surface area contributed by atoms with Crippen molar-refractivity contribution in [3.8, 4) is 67.5 Å². The van der Waals surface area contributed by atoms with E-state index in [0.29, 0.717) is 17.5 Å². The fraction of sp³-hybridized carbons (Fsp3) is 0.0408. The minimum Gasteiger partial charge on any atom is -0.208 e. The van der Waals surface area contributed by atoms with Crippen LogP contribution in [0.2, 0.25) is 13.1 Å². The third-order valence-electron chi connectivity index (χ3n) is 10.9. The van der Waals surface area contributed by atoms with E-state index in [2.05, 4.69) is 183 Å². The van der Waals surface area contributed by atoms with Crippen LogP contribution in [0.15, 0.2) is 176 Å². The molecule has 250 valence electrons. The second-order valence-electron chi connectivity index (χ2n) is 14.4. The summed E-state index contributed by atoms with van der Waals surface area (Å²) < 4.78 is 0. The van der Waals surface area contributed by atoms with Crippen LogP contribution in [0.1, 0.15) is 0 Å². The van der Waals surface area contributed by atoms with Crippen LogP contribution in [0.4, 0.5) is 0 Å². The van der Waals surface area contributed by atoms with E-state index in [1.54, 1.807) is 0 Å². The molecule has 1 aromatic heterocycles. The Balaban J connectivity index is 1.14. The van der Waals surface area contributed by atoms with Crippen LogP contribution >= 0.6 is 0 Å². The molecule has 0 amide bonds. The second-order valence-corrected chi connectivity index (χ2v) is 18.7. The standard InChI is InChI=1S/C49H35N3Si/c1-53(2)44-31-30-35-15-7-9-18-41(35)45(44)42-20-11-21-43(46(42)53)49-51-47(37-26-22-33(23-27-37)32-12-4-3-5-13-32)50-48(52-49)38-28-24-36(25-29-38)40-19-10-16-34-14-6-8-17-39(34)40/h3-31H,1-2H3. The van der Waals surface area contributed by atoms with Gasteiger partial charge >= 0.3 is 0 Å². The predicted octanol–water partition coefficient (Wildman–Crippen LogP) is 11.3. The number of aromatic nitrogens is 3. The maximum absolute atomic E-state index is 5.29. The summed E-state index contributed by atoms with van der Waals surface area (Å²) in [4.78, 5) is 15.7. The van der Waals surface area contributed by atoms with Crippen LogP contribution in [-0.4, -0.2) is 23.0 Å². The molecular formula is C49H35N3Si. The molecule has 0 saturated carbocycles. The highest BCUT2D eigenvalue weighted by Gasteiger charge is 2.40. The fourth-order valence-corrected chi connectivity index (χ4v) is 11.7. The lowest BCUT2D eigenvalue weighted by Gasteiger charge is -2.22. The number of hydrogen-bond donors (Lipinski definition) is 0. The number of nitrogens with zero attached hydrogens (tertiary/aromatic N) is 3. The first-order chi connectivity index (χ1) is 26.0. The minimum absolute atomic E-state index is 0.666. The Kier molecular flexibility index (Phi) is 7.27. The summed E-state index contributed by atoms with van der Waals surface area (Å²) in [6.07, 6.45) is 0. The van der Waals surface area contributed by atoms with E-state index >= 15 is 0 Å². The van der Waals surface area contributed by atoms with Gasteiger partial charge in [-0.2, -0.15) is 0 Å². The molecule has 10 rings (SSSR count). The molecule has 0 spiro atoms. The topological polar surface area (TPSA) is 38.7 Å². The summed E-state index contributed by atoms with van der Waals surface area (Å²) in [6.45, 7) is 4.93. The van der Waals surface area contributed by atoms with Crippen LogP contribution in [0, 0.1) is 0 Å². The Morgan fingerprint density at radius 1 is 0.340 bits per heavy atom. The van der Waals surface area contributed by atoms with E-state index in [-0.39, 0.29) is 0 Å². The molecule has 0 saturated heterocycles. The van der Waals surface area contributed by atoms with Gasteiger partial charge in [0.2, 0.25) is 0 Å². The highest BCUT2D eigenvalue weighted by atomic mass is 28.3. The Morgan fingerprint density at radius 2 is 0.830 bits per heavy atom. The average Bonchev–Trinajstić information content (AvgIpc) is 3.47. The van der Waals surface area contributed by atoms with Crippen LogP contribution in [-0.2, 0) is 0 Å². The molecule has 0 fully saturated rings. The van der Waals surface area contributed by atoms with E-state index in [9.17, 15) is 0 Å². The first-order valence-corrected chi connectivity index (χ1v) is 21.2. The first kappa shape index (κ1) is 31.3. The lowest BCUT2D eigenvalue weighted by atomic mass is 9.97. The second kappa shape index (κ2) is 12.3. The molecule has 4 heteroatoms. The molecule has 0 bridgehead atoms. The number of benzene rings is 8. The SMILES string of the molecule is C[Si]1(C)c2ccc3ccccc3c2-c2cccc(-c3nc(-c4ccc(-c5ccccc5)cc4)nc(-c4ccc(-c5cccc6ccccc56)cc4)n3)c21. The summed E-state index contributed by atoms with van der Waals surface area (Å²) in [5, 5.41) is 7.91. The Bertz CT molecular complexity index is 2840. The zero-order valence-electron chi connectivity index (χ0n) is 29.6. The lowest BCUT2D eigenvalue weighted by Crippen LogP contribution is -2.50. The zero-order valence-corrected chi connectivity index (χ0v) is 30.6. The van der Waals surface area contributed by atoms with Gasteiger partial charge in [-0.3, -0.25) is 0 Å². The van der Waals surface area contributed by atoms with Gasteiger partial charge in [0.15, 0.2) is 17.5 Å². The zero-order chi connectivity index (χ0) is 35.5. The molecule has 8 aromatic carbocycles. The third kappa shape index (κ3) is 5.22. The molecule has 2 heterocycles. The maximum atomic E-state index is 5.29. The van der Waals surface area contributed by atoms with Gasteiger partial charge in [-0.05, 0) is 65.3 Å². The van der Waals surface area contributed by atoms with Crippen molar-refractivity contribution >= 4 is 40.0 Å². The molecule has 3 nitrogen and oxygen atoms in total. The predicted molar refractivity (Wildman–Crippen MR) is 224 cm³/mol. The molecule has 0 N–H and O–H groups in total. The van der Waals surface area contributed by atoms with Gasteiger partial charge in [0.25, 0.3) is 0 Å². The Hall–Kier alpha value is -6.49. The smallest absolute Gasteiger partial charge is 0.164 e. The van der Waals surface area contributed by atoms with Crippen LogP contribution in [0.3, 0.4) is 0 Å². The van der Waals surface area contributed by atoms with Crippen molar-refractivity contribution in [2.45, 2.75) is 13.1 Å². The van der Waals surface area contributed by atoms with Crippen LogP contribution < -0.4 is 10.4 Å².